The van der Waals surface area contributed by atoms with Crippen molar-refractivity contribution in [3.05, 3.63) is 53.7 Å². The maximum atomic E-state index is 16.5. The molecule has 0 bridgehead atoms. The van der Waals surface area contributed by atoms with Crippen LogP contribution < -0.4 is 10.5 Å². The first-order valence-corrected chi connectivity index (χ1v) is 13.4. The van der Waals surface area contributed by atoms with Crippen molar-refractivity contribution in [1.29, 1.82) is 0 Å². The van der Waals surface area contributed by atoms with E-state index in [2.05, 4.69) is 36.0 Å². The zero-order valence-electron chi connectivity index (χ0n) is 22.2. The number of phenolic OH excluding ortho intramolecular Hbond substituents is 1. The van der Waals surface area contributed by atoms with Crippen molar-refractivity contribution in [3.63, 3.8) is 0 Å². The summed E-state index contributed by atoms with van der Waals surface area (Å²) in [5.41, 5.74) is 5.62. The van der Waals surface area contributed by atoms with Gasteiger partial charge in [-0.1, -0.05) is 12.0 Å². The second kappa shape index (κ2) is 9.60. The second-order valence-corrected chi connectivity index (χ2v) is 10.8. The van der Waals surface area contributed by atoms with Gasteiger partial charge in [-0.15, -0.1) is 6.42 Å². The number of nitrogens with one attached hydrogen (secondary N) is 1. The summed E-state index contributed by atoms with van der Waals surface area (Å²) in [6, 6.07) is 6.72. The van der Waals surface area contributed by atoms with Gasteiger partial charge in [0.1, 0.15) is 47.1 Å². The van der Waals surface area contributed by atoms with E-state index < -0.39 is 23.3 Å². The second-order valence-electron chi connectivity index (χ2n) is 10.8. The Morgan fingerprint density at radius 1 is 1.21 bits per heavy atom. The van der Waals surface area contributed by atoms with Crippen molar-refractivity contribution in [2.45, 2.75) is 31.0 Å². The Balaban J connectivity index is 1.41. The average Bonchev–Trinajstić information content (AvgIpc) is 3.65. The minimum atomic E-state index is -0.948. The van der Waals surface area contributed by atoms with Crippen LogP contribution in [0, 0.1) is 24.0 Å². The minimum absolute atomic E-state index is 0.0886. The number of hydrogen-bond donors (Lipinski definition) is 3. The molecular formula is C30H24F3N7O2. The van der Waals surface area contributed by atoms with Crippen molar-refractivity contribution in [2.75, 3.05) is 25.4 Å². The van der Waals surface area contributed by atoms with E-state index in [-0.39, 0.29) is 63.0 Å². The molecule has 0 spiro atoms. The summed E-state index contributed by atoms with van der Waals surface area (Å²) < 4.78 is 51.6. The number of nitrogens with zero attached hydrogens (tertiary/aromatic N) is 5. The van der Waals surface area contributed by atoms with Crippen molar-refractivity contribution < 1.29 is 23.0 Å². The highest BCUT2D eigenvalue weighted by Crippen LogP contribution is 2.41. The summed E-state index contributed by atoms with van der Waals surface area (Å²) in [6.45, 7) is 1.26. The topological polar surface area (TPSA) is 126 Å². The number of aromatic hydroxyl groups is 1. The number of pyridine rings is 1. The average molecular weight is 572 g/mol. The van der Waals surface area contributed by atoms with Gasteiger partial charge in [-0.05, 0) is 43.0 Å². The van der Waals surface area contributed by atoms with Gasteiger partial charge in [0.25, 0.3) is 0 Å². The standard InChI is InChI=1S/C30H24F3N7O2/c1-2-18-21(32)5-4-15-8-17(41)9-19(24(15)18)27-25(33)28-20(12-35-27)26(22-10-23(34)39-38-22)36-29(37-28)42-14-30-6-3-7-40(30)13-16(31)11-30/h1,4-5,8-10,12,16,41H,3,6-7,11,13-14H2,(H3,34,38,39)/t16-,30+/m1/s1. The molecule has 7 rings (SSSR count). The molecule has 0 radical (unpaired) electrons. The van der Waals surface area contributed by atoms with Crippen LogP contribution in [0.2, 0.25) is 0 Å². The van der Waals surface area contributed by atoms with Crippen LogP contribution in [-0.4, -0.2) is 66.6 Å². The van der Waals surface area contributed by atoms with Gasteiger partial charge in [0, 0.05) is 41.6 Å². The largest absolute Gasteiger partial charge is 0.508 e. The molecule has 3 aromatic heterocycles. The summed E-state index contributed by atoms with van der Waals surface area (Å²) in [6.07, 6.45) is 8.07. The Kier molecular flexibility index (Phi) is 5.95. The molecule has 42 heavy (non-hydrogen) atoms. The smallest absolute Gasteiger partial charge is 0.317 e. The Morgan fingerprint density at radius 2 is 2.07 bits per heavy atom. The predicted octanol–water partition coefficient (Wildman–Crippen LogP) is 4.74. The van der Waals surface area contributed by atoms with E-state index in [4.69, 9.17) is 16.9 Å². The molecule has 5 heterocycles. The van der Waals surface area contributed by atoms with Crippen LogP contribution in [0.3, 0.4) is 0 Å². The van der Waals surface area contributed by atoms with Crippen LogP contribution in [0.25, 0.3) is 44.3 Å². The summed E-state index contributed by atoms with van der Waals surface area (Å²) in [5, 5.41) is 18.0. The fourth-order valence-corrected chi connectivity index (χ4v) is 6.35. The molecule has 2 aromatic carbocycles. The molecule has 0 amide bonds. The molecule has 2 saturated heterocycles. The molecule has 212 valence electrons. The van der Waals surface area contributed by atoms with E-state index >= 15 is 4.39 Å². The van der Waals surface area contributed by atoms with Gasteiger partial charge < -0.3 is 15.6 Å². The number of rotatable bonds is 5. The number of aromatic nitrogens is 5. The highest BCUT2D eigenvalue weighted by Gasteiger charge is 2.49. The highest BCUT2D eigenvalue weighted by atomic mass is 19.1. The Labute approximate surface area is 237 Å². The number of phenols is 1. The monoisotopic (exact) mass is 571 g/mol. The first-order chi connectivity index (χ1) is 20.3. The van der Waals surface area contributed by atoms with Crippen molar-refractivity contribution in [3.8, 4) is 46.7 Å². The van der Waals surface area contributed by atoms with Crippen LogP contribution in [-0.2, 0) is 0 Å². The molecule has 0 unspecified atom stereocenters. The van der Waals surface area contributed by atoms with Gasteiger partial charge in [0.2, 0.25) is 0 Å². The lowest BCUT2D eigenvalue weighted by Gasteiger charge is -2.30. The fourth-order valence-electron chi connectivity index (χ4n) is 6.35. The predicted molar refractivity (Wildman–Crippen MR) is 150 cm³/mol. The number of nitrogen functional groups attached to an aromatic ring is 1. The molecule has 9 nitrogen and oxygen atoms in total. The van der Waals surface area contributed by atoms with Crippen molar-refractivity contribution in [2.24, 2.45) is 0 Å². The normalized spacial score (nSPS) is 20.3. The number of benzene rings is 2. The molecule has 0 aliphatic carbocycles. The number of anilines is 1. The molecule has 2 aliphatic heterocycles. The number of alkyl halides is 1. The molecular weight excluding hydrogens is 547 g/mol. The first-order valence-electron chi connectivity index (χ1n) is 13.4. The lowest BCUT2D eigenvalue weighted by molar-refractivity contribution is 0.107. The molecule has 12 heteroatoms. The van der Waals surface area contributed by atoms with E-state index in [1.54, 1.807) is 0 Å². The zero-order chi connectivity index (χ0) is 29.2. The van der Waals surface area contributed by atoms with Gasteiger partial charge in [0.15, 0.2) is 5.82 Å². The van der Waals surface area contributed by atoms with Gasteiger partial charge in [-0.3, -0.25) is 15.0 Å². The third-order valence-electron chi connectivity index (χ3n) is 8.20. The SMILES string of the molecule is C#Cc1c(F)ccc2cc(O)cc(-c3ncc4c(-c5cc(N)n[nH]5)nc(OC[C@@]56CCCN5C[C@H](F)C6)nc4c3F)c12. The quantitative estimate of drug-likeness (QED) is 0.259. The minimum Gasteiger partial charge on any atom is -0.508 e. The number of hydrogen-bond acceptors (Lipinski definition) is 8. The summed E-state index contributed by atoms with van der Waals surface area (Å²) >= 11 is 0. The molecule has 0 saturated carbocycles. The maximum Gasteiger partial charge on any atom is 0.317 e. The Morgan fingerprint density at radius 3 is 2.86 bits per heavy atom. The lowest BCUT2D eigenvalue weighted by atomic mass is 9.95. The summed E-state index contributed by atoms with van der Waals surface area (Å²) in [5.74, 6) is 0.804. The fraction of sp³-hybridized carbons (Fsp3) is 0.267. The van der Waals surface area contributed by atoms with Crippen LogP contribution in [0.4, 0.5) is 19.0 Å². The Bertz CT molecular complexity index is 1940. The molecule has 2 atom stereocenters. The number of H-pyrrole nitrogens is 1. The number of terminal acetylenes is 1. The van der Waals surface area contributed by atoms with E-state index in [0.717, 1.165) is 19.4 Å². The molecule has 2 fully saturated rings. The van der Waals surface area contributed by atoms with Gasteiger partial charge in [-0.2, -0.15) is 15.1 Å². The number of halogens is 3. The van der Waals surface area contributed by atoms with Gasteiger partial charge >= 0.3 is 6.01 Å². The van der Waals surface area contributed by atoms with E-state index in [9.17, 15) is 13.9 Å². The van der Waals surface area contributed by atoms with Gasteiger partial charge in [-0.25, -0.2) is 13.2 Å². The van der Waals surface area contributed by atoms with Gasteiger partial charge in [0.05, 0.1) is 16.8 Å². The first kappa shape index (κ1) is 26.0. The van der Waals surface area contributed by atoms with Crippen molar-refractivity contribution in [1.82, 2.24) is 30.0 Å². The highest BCUT2D eigenvalue weighted by molar-refractivity contribution is 6.03. The maximum absolute atomic E-state index is 16.5. The summed E-state index contributed by atoms with van der Waals surface area (Å²) in [4.78, 5) is 15.4. The number of ether oxygens (including phenoxy) is 1. The van der Waals surface area contributed by atoms with E-state index in [0.29, 0.717) is 24.0 Å². The summed E-state index contributed by atoms with van der Waals surface area (Å²) in [7, 11) is 0. The van der Waals surface area contributed by atoms with Crippen LogP contribution in [0.1, 0.15) is 24.8 Å². The number of aromatic amines is 1. The third-order valence-corrected chi connectivity index (χ3v) is 8.20. The lowest BCUT2D eigenvalue weighted by Crippen LogP contribution is -2.43. The number of fused-ring (bicyclic) bond motifs is 3. The van der Waals surface area contributed by atoms with Crippen molar-refractivity contribution >= 4 is 27.5 Å². The van der Waals surface area contributed by atoms with Crippen LogP contribution in [0.5, 0.6) is 11.8 Å². The third kappa shape index (κ3) is 4.08. The van der Waals surface area contributed by atoms with Crippen LogP contribution >= 0.6 is 0 Å². The molecule has 4 N–H and O–H groups in total. The number of nitrogens with two attached hydrogens (primary N) is 1. The van der Waals surface area contributed by atoms with E-state index in [1.165, 1.54) is 36.5 Å². The van der Waals surface area contributed by atoms with Crippen LogP contribution in [0.15, 0.2) is 36.5 Å². The van der Waals surface area contributed by atoms with E-state index in [1.807, 2.05) is 0 Å². The molecule has 5 aromatic rings. The molecule has 2 aliphatic rings. The zero-order valence-corrected chi connectivity index (χ0v) is 22.2. The Hall–Kier alpha value is -4.89.